The summed E-state index contributed by atoms with van der Waals surface area (Å²) in [6.07, 6.45) is 0. The van der Waals surface area contributed by atoms with Crippen LogP contribution in [0.5, 0.6) is 5.75 Å². The molecule has 0 aliphatic heterocycles. The third-order valence-electron chi connectivity index (χ3n) is 3.53. The highest BCUT2D eigenvalue weighted by atomic mass is 32.1. The van der Waals surface area contributed by atoms with E-state index in [9.17, 15) is 0 Å². The molecule has 0 saturated carbocycles. The molecule has 100 valence electrons. The molecular weight excluding hydrogens is 242 g/mol. The van der Waals surface area contributed by atoms with Crippen molar-refractivity contribution in [3.8, 4) is 5.75 Å². The fourth-order valence-electron chi connectivity index (χ4n) is 2.40. The molecule has 1 aromatic carbocycles. The number of ether oxygens (including phenoxy) is 1. The van der Waals surface area contributed by atoms with Gasteiger partial charge in [0.15, 0.2) is 0 Å². The second-order valence-electron chi connectivity index (χ2n) is 4.88. The van der Waals surface area contributed by atoms with E-state index in [4.69, 9.17) is 22.7 Å². The molecule has 0 aliphatic rings. The molecule has 0 heterocycles. The molecule has 0 aliphatic carbocycles. The van der Waals surface area contributed by atoms with Crippen LogP contribution in [0.3, 0.4) is 0 Å². The topological polar surface area (TPSA) is 35.2 Å². The van der Waals surface area contributed by atoms with Crippen LogP contribution in [0, 0.1) is 19.8 Å². The maximum absolute atomic E-state index is 5.76. The van der Waals surface area contributed by atoms with Crippen LogP contribution in [0.4, 0.5) is 0 Å². The smallest absolute Gasteiger partial charge is 0.119 e. The molecule has 0 saturated heterocycles. The van der Waals surface area contributed by atoms with Gasteiger partial charge in [-0.15, -0.1) is 0 Å². The van der Waals surface area contributed by atoms with E-state index in [1.54, 1.807) is 0 Å². The molecular formula is C15H23NOS. The Balaban J connectivity index is 3.13. The zero-order valence-electron chi connectivity index (χ0n) is 11.9. The van der Waals surface area contributed by atoms with Gasteiger partial charge in [0, 0.05) is 5.92 Å². The lowest BCUT2D eigenvalue weighted by atomic mass is 9.83. The lowest BCUT2D eigenvalue weighted by molar-refractivity contribution is 0.339. The summed E-state index contributed by atoms with van der Waals surface area (Å²) in [6, 6.07) is 4.18. The lowest BCUT2D eigenvalue weighted by Crippen LogP contribution is -2.24. The Morgan fingerprint density at radius 1 is 1.28 bits per heavy atom. The zero-order chi connectivity index (χ0) is 13.9. The highest BCUT2D eigenvalue weighted by Gasteiger charge is 2.20. The van der Waals surface area contributed by atoms with E-state index in [2.05, 4.69) is 39.8 Å². The zero-order valence-corrected chi connectivity index (χ0v) is 12.7. The standard InChI is InChI=1S/C15H23NOS/c1-6-17-13-7-9(2)14(10(3)8-13)11(4)12(5)15(16)18/h7-8,11-12H,6H2,1-5H3,(H2,16,18). The van der Waals surface area contributed by atoms with Gasteiger partial charge in [-0.05, 0) is 55.5 Å². The van der Waals surface area contributed by atoms with Gasteiger partial charge in [0.05, 0.1) is 11.6 Å². The minimum Gasteiger partial charge on any atom is -0.494 e. The number of aryl methyl sites for hydroxylation is 2. The number of hydrogen-bond donors (Lipinski definition) is 1. The maximum Gasteiger partial charge on any atom is 0.119 e. The van der Waals surface area contributed by atoms with Gasteiger partial charge in [-0.3, -0.25) is 0 Å². The van der Waals surface area contributed by atoms with E-state index >= 15 is 0 Å². The van der Waals surface area contributed by atoms with Gasteiger partial charge in [0.25, 0.3) is 0 Å². The molecule has 0 bridgehead atoms. The Labute approximate surface area is 116 Å². The van der Waals surface area contributed by atoms with E-state index < -0.39 is 0 Å². The van der Waals surface area contributed by atoms with Crippen molar-refractivity contribution in [1.82, 2.24) is 0 Å². The average Bonchev–Trinajstić information content (AvgIpc) is 2.27. The maximum atomic E-state index is 5.76. The first-order valence-corrected chi connectivity index (χ1v) is 6.82. The summed E-state index contributed by atoms with van der Waals surface area (Å²) in [5, 5.41) is 0. The van der Waals surface area contributed by atoms with Crippen molar-refractivity contribution in [2.24, 2.45) is 11.7 Å². The monoisotopic (exact) mass is 265 g/mol. The summed E-state index contributed by atoms with van der Waals surface area (Å²) in [6.45, 7) is 11.2. The van der Waals surface area contributed by atoms with Crippen LogP contribution in [0.1, 0.15) is 43.4 Å². The molecule has 2 N–H and O–H groups in total. The summed E-state index contributed by atoms with van der Waals surface area (Å²) in [4.78, 5) is 0.579. The fourth-order valence-corrected chi connectivity index (χ4v) is 2.60. The van der Waals surface area contributed by atoms with Gasteiger partial charge < -0.3 is 10.5 Å². The summed E-state index contributed by atoms with van der Waals surface area (Å²) in [7, 11) is 0. The van der Waals surface area contributed by atoms with Crippen LogP contribution < -0.4 is 10.5 Å². The van der Waals surface area contributed by atoms with Crippen LogP contribution in [0.25, 0.3) is 0 Å². The normalized spacial score (nSPS) is 14.1. The number of rotatable bonds is 5. The number of hydrogen-bond acceptors (Lipinski definition) is 2. The van der Waals surface area contributed by atoms with Gasteiger partial charge in [0.2, 0.25) is 0 Å². The Morgan fingerprint density at radius 2 is 1.78 bits per heavy atom. The minimum absolute atomic E-state index is 0.204. The van der Waals surface area contributed by atoms with Crippen molar-refractivity contribution in [1.29, 1.82) is 0 Å². The molecule has 0 radical (unpaired) electrons. The predicted octanol–water partition coefficient (Wildman–Crippen LogP) is 3.73. The fraction of sp³-hybridized carbons (Fsp3) is 0.533. The Morgan fingerprint density at radius 3 is 2.17 bits per heavy atom. The lowest BCUT2D eigenvalue weighted by Gasteiger charge is -2.23. The van der Waals surface area contributed by atoms with Crippen molar-refractivity contribution in [2.45, 2.75) is 40.5 Å². The van der Waals surface area contributed by atoms with Gasteiger partial charge >= 0.3 is 0 Å². The van der Waals surface area contributed by atoms with Crippen LogP contribution >= 0.6 is 12.2 Å². The Hall–Kier alpha value is -1.09. The Kier molecular flexibility index (Phi) is 5.15. The van der Waals surface area contributed by atoms with Gasteiger partial charge in [-0.2, -0.15) is 0 Å². The van der Waals surface area contributed by atoms with Crippen molar-refractivity contribution in [3.63, 3.8) is 0 Å². The predicted molar refractivity (Wildman–Crippen MR) is 81.4 cm³/mol. The molecule has 0 aromatic heterocycles. The minimum atomic E-state index is 0.204. The SMILES string of the molecule is CCOc1cc(C)c(C(C)C(C)C(N)=S)c(C)c1. The molecule has 3 heteroatoms. The third-order valence-corrected chi connectivity index (χ3v) is 3.90. The molecule has 2 nitrogen and oxygen atoms in total. The molecule has 2 atom stereocenters. The molecule has 1 rings (SSSR count). The summed E-state index contributed by atoms with van der Waals surface area (Å²) < 4.78 is 5.56. The summed E-state index contributed by atoms with van der Waals surface area (Å²) in [5.41, 5.74) is 9.58. The van der Waals surface area contributed by atoms with Crippen molar-refractivity contribution < 1.29 is 4.74 Å². The van der Waals surface area contributed by atoms with E-state index in [-0.39, 0.29) is 5.92 Å². The molecule has 1 aromatic rings. The highest BCUT2D eigenvalue weighted by molar-refractivity contribution is 7.80. The van der Waals surface area contributed by atoms with Crippen LogP contribution in [-0.2, 0) is 0 Å². The quantitative estimate of drug-likeness (QED) is 0.824. The Bertz CT molecular complexity index is 419. The van der Waals surface area contributed by atoms with Crippen molar-refractivity contribution >= 4 is 17.2 Å². The summed E-state index contributed by atoms with van der Waals surface area (Å²) in [5.74, 6) is 1.47. The van der Waals surface area contributed by atoms with Gasteiger partial charge in [-0.1, -0.05) is 26.1 Å². The van der Waals surface area contributed by atoms with Gasteiger partial charge in [0.1, 0.15) is 5.75 Å². The summed E-state index contributed by atoms with van der Waals surface area (Å²) >= 11 is 5.10. The molecule has 2 unspecified atom stereocenters. The van der Waals surface area contributed by atoms with Crippen LogP contribution in [0.15, 0.2) is 12.1 Å². The van der Waals surface area contributed by atoms with E-state index in [0.29, 0.717) is 17.5 Å². The second-order valence-corrected chi connectivity index (χ2v) is 5.35. The van der Waals surface area contributed by atoms with Crippen LogP contribution in [-0.4, -0.2) is 11.6 Å². The first kappa shape index (κ1) is 15.0. The largest absolute Gasteiger partial charge is 0.494 e. The van der Waals surface area contributed by atoms with Crippen molar-refractivity contribution in [3.05, 3.63) is 28.8 Å². The molecule has 0 spiro atoms. The van der Waals surface area contributed by atoms with E-state index in [0.717, 1.165) is 5.75 Å². The number of thiocarbonyl (C=S) groups is 1. The molecule has 18 heavy (non-hydrogen) atoms. The van der Waals surface area contributed by atoms with Crippen LogP contribution in [0.2, 0.25) is 0 Å². The second kappa shape index (κ2) is 6.19. The molecule has 0 fully saturated rings. The third kappa shape index (κ3) is 3.22. The first-order valence-electron chi connectivity index (χ1n) is 6.41. The average molecular weight is 265 g/mol. The first-order chi connectivity index (χ1) is 8.38. The number of nitrogens with two attached hydrogens (primary N) is 1. The molecule has 0 amide bonds. The van der Waals surface area contributed by atoms with Crippen molar-refractivity contribution in [2.75, 3.05) is 6.61 Å². The van der Waals surface area contributed by atoms with E-state index in [1.165, 1.54) is 16.7 Å². The van der Waals surface area contributed by atoms with E-state index in [1.807, 2.05) is 6.92 Å². The number of benzene rings is 1. The van der Waals surface area contributed by atoms with Gasteiger partial charge in [-0.25, -0.2) is 0 Å². The highest BCUT2D eigenvalue weighted by Crippen LogP contribution is 2.32.